The lowest BCUT2D eigenvalue weighted by Crippen LogP contribution is -2.41. The van der Waals surface area contributed by atoms with Crippen LogP contribution in [-0.2, 0) is 9.47 Å². The van der Waals surface area contributed by atoms with Gasteiger partial charge in [0.1, 0.15) is 0 Å². The Morgan fingerprint density at radius 2 is 1.57 bits per heavy atom. The average Bonchev–Trinajstić information content (AvgIpc) is 2.98. The Kier molecular flexibility index (Phi) is 7.01. The molecule has 0 aromatic heterocycles. The highest BCUT2D eigenvalue weighted by molar-refractivity contribution is 4.90. The van der Waals surface area contributed by atoms with Gasteiger partial charge in [-0.2, -0.15) is 0 Å². The van der Waals surface area contributed by atoms with Gasteiger partial charge < -0.3 is 9.47 Å². The number of ether oxygens (including phenoxy) is 2. The van der Waals surface area contributed by atoms with Crippen LogP contribution in [0.1, 0.15) is 71.1 Å². The molecule has 124 valence electrons. The Balaban J connectivity index is 2.02. The minimum Gasteiger partial charge on any atom is -0.384 e. The van der Waals surface area contributed by atoms with Gasteiger partial charge in [0.05, 0.1) is 13.2 Å². The molecule has 2 heteroatoms. The standard InChI is InChI=1S/C19H36O2/c1-16-7-6-10-18(13-16)19(14-20-2,15-21-3)12-11-17-8-4-5-9-17/h16-18H,4-15H2,1-3H3. The Bertz CT molecular complexity index is 277. The summed E-state index contributed by atoms with van der Waals surface area (Å²) in [6.45, 7) is 4.18. The summed E-state index contributed by atoms with van der Waals surface area (Å²) in [4.78, 5) is 0. The van der Waals surface area contributed by atoms with E-state index >= 15 is 0 Å². The molecule has 2 nitrogen and oxygen atoms in total. The van der Waals surface area contributed by atoms with Gasteiger partial charge in [-0.1, -0.05) is 45.4 Å². The lowest BCUT2D eigenvalue weighted by molar-refractivity contribution is -0.0546. The molecule has 0 heterocycles. The second-order valence-electron chi connectivity index (χ2n) is 7.89. The summed E-state index contributed by atoms with van der Waals surface area (Å²) in [5.41, 5.74) is 0.265. The maximum absolute atomic E-state index is 5.68. The van der Waals surface area contributed by atoms with E-state index in [0.717, 1.165) is 31.0 Å². The quantitative estimate of drug-likeness (QED) is 0.623. The van der Waals surface area contributed by atoms with Crippen LogP contribution in [0.2, 0.25) is 0 Å². The number of hydrogen-bond donors (Lipinski definition) is 0. The highest BCUT2D eigenvalue weighted by Crippen LogP contribution is 2.45. The van der Waals surface area contributed by atoms with Crippen molar-refractivity contribution in [1.82, 2.24) is 0 Å². The van der Waals surface area contributed by atoms with Gasteiger partial charge in [-0.15, -0.1) is 0 Å². The van der Waals surface area contributed by atoms with E-state index in [2.05, 4.69) is 6.92 Å². The number of hydrogen-bond acceptors (Lipinski definition) is 2. The fraction of sp³-hybridized carbons (Fsp3) is 1.00. The monoisotopic (exact) mass is 296 g/mol. The minimum absolute atomic E-state index is 0.265. The molecule has 2 aliphatic carbocycles. The van der Waals surface area contributed by atoms with Crippen molar-refractivity contribution >= 4 is 0 Å². The van der Waals surface area contributed by atoms with Crippen molar-refractivity contribution in [2.75, 3.05) is 27.4 Å². The van der Waals surface area contributed by atoms with Crippen LogP contribution in [-0.4, -0.2) is 27.4 Å². The van der Waals surface area contributed by atoms with Crippen molar-refractivity contribution in [3.8, 4) is 0 Å². The molecule has 0 bridgehead atoms. The van der Waals surface area contributed by atoms with Crippen molar-refractivity contribution in [3.05, 3.63) is 0 Å². The molecular weight excluding hydrogens is 260 g/mol. The summed E-state index contributed by atoms with van der Waals surface area (Å²) in [6, 6.07) is 0. The number of methoxy groups -OCH3 is 2. The van der Waals surface area contributed by atoms with Crippen molar-refractivity contribution in [3.63, 3.8) is 0 Å². The Morgan fingerprint density at radius 1 is 0.905 bits per heavy atom. The zero-order valence-corrected chi connectivity index (χ0v) is 14.5. The zero-order valence-electron chi connectivity index (χ0n) is 14.5. The highest BCUT2D eigenvalue weighted by Gasteiger charge is 2.41. The summed E-state index contributed by atoms with van der Waals surface area (Å²) >= 11 is 0. The fourth-order valence-electron chi connectivity index (χ4n) is 4.98. The van der Waals surface area contributed by atoms with Crippen molar-refractivity contribution in [1.29, 1.82) is 0 Å². The van der Waals surface area contributed by atoms with Gasteiger partial charge in [0.25, 0.3) is 0 Å². The second kappa shape index (κ2) is 8.53. The second-order valence-corrected chi connectivity index (χ2v) is 7.89. The van der Waals surface area contributed by atoms with E-state index in [0.29, 0.717) is 0 Å². The third kappa shape index (κ3) is 4.69. The van der Waals surface area contributed by atoms with Gasteiger partial charge in [0.2, 0.25) is 0 Å². The first-order valence-electron chi connectivity index (χ1n) is 9.18. The predicted molar refractivity (Wildman–Crippen MR) is 88.5 cm³/mol. The average molecular weight is 296 g/mol. The molecular formula is C19H36O2. The first-order chi connectivity index (χ1) is 10.2. The molecule has 2 rings (SSSR count). The smallest absolute Gasteiger partial charge is 0.0543 e. The zero-order chi connectivity index (χ0) is 15.1. The van der Waals surface area contributed by atoms with Gasteiger partial charge in [0.15, 0.2) is 0 Å². The highest BCUT2D eigenvalue weighted by atomic mass is 16.5. The summed E-state index contributed by atoms with van der Waals surface area (Å²) in [5.74, 6) is 2.64. The SMILES string of the molecule is COCC(CCC1CCCC1)(COC)C1CCCC(C)C1. The van der Waals surface area contributed by atoms with Gasteiger partial charge in [0, 0.05) is 19.6 Å². The largest absolute Gasteiger partial charge is 0.384 e. The molecule has 0 aliphatic heterocycles. The van der Waals surface area contributed by atoms with Crippen LogP contribution >= 0.6 is 0 Å². The summed E-state index contributed by atoms with van der Waals surface area (Å²) in [7, 11) is 3.73. The molecule has 2 aliphatic rings. The van der Waals surface area contributed by atoms with Gasteiger partial charge in [-0.25, -0.2) is 0 Å². The maximum Gasteiger partial charge on any atom is 0.0543 e. The van der Waals surface area contributed by atoms with Crippen LogP contribution in [0.4, 0.5) is 0 Å². The predicted octanol–water partition coefficient (Wildman–Crippen LogP) is 5.06. The molecule has 21 heavy (non-hydrogen) atoms. The third-order valence-corrected chi connectivity index (χ3v) is 6.19. The Labute approximate surface area is 132 Å². The van der Waals surface area contributed by atoms with Crippen molar-refractivity contribution in [2.45, 2.75) is 71.1 Å². The van der Waals surface area contributed by atoms with Crippen LogP contribution < -0.4 is 0 Å². The first-order valence-corrected chi connectivity index (χ1v) is 9.18. The van der Waals surface area contributed by atoms with Crippen LogP contribution in [0, 0.1) is 23.2 Å². The lowest BCUT2D eigenvalue weighted by atomic mass is 9.64. The van der Waals surface area contributed by atoms with Gasteiger partial charge in [-0.3, -0.25) is 0 Å². The van der Waals surface area contributed by atoms with Gasteiger partial charge in [-0.05, 0) is 43.4 Å². The topological polar surface area (TPSA) is 18.5 Å². The van der Waals surface area contributed by atoms with E-state index in [1.807, 2.05) is 14.2 Å². The third-order valence-electron chi connectivity index (χ3n) is 6.19. The molecule has 2 saturated carbocycles. The molecule has 0 radical (unpaired) electrons. The van der Waals surface area contributed by atoms with Crippen LogP contribution in [0.5, 0.6) is 0 Å². The van der Waals surface area contributed by atoms with E-state index in [4.69, 9.17) is 9.47 Å². The Hall–Kier alpha value is -0.0800. The van der Waals surface area contributed by atoms with Crippen molar-refractivity contribution < 1.29 is 9.47 Å². The van der Waals surface area contributed by atoms with E-state index in [1.54, 1.807) is 0 Å². The summed E-state index contributed by atoms with van der Waals surface area (Å²) in [5, 5.41) is 0. The molecule has 0 saturated heterocycles. The first kappa shape index (κ1) is 17.3. The minimum atomic E-state index is 0.265. The van der Waals surface area contributed by atoms with Crippen LogP contribution in [0.25, 0.3) is 0 Å². The van der Waals surface area contributed by atoms with E-state index < -0.39 is 0 Å². The maximum atomic E-state index is 5.68. The molecule has 2 fully saturated rings. The van der Waals surface area contributed by atoms with E-state index in [9.17, 15) is 0 Å². The van der Waals surface area contributed by atoms with E-state index in [-0.39, 0.29) is 5.41 Å². The molecule has 0 aromatic rings. The summed E-state index contributed by atoms with van der Waals surface area (Å²) in [6.07, 6.45) is 14.1. The molecule has 0 N–H and O–H groups in total. The molecule has 0 amide bonds. The fourth-order valence-corrected chi connectivity index (χ4v) is 4.98. The van der Waals surface area contributed by atoms with E-state index in [1.165, 1.54) is 64.2 Å². The normalized spacial score (nSPS) is 28.1. The van der Waals surface area contributed by atoms with Crippen molar-refractivity contribution in [2.24, 2.45) is 23.2 Å². The molecule has 0 aromatic carbocycles. The summed E-state index contributed by atoms with van der Waals surface area (Å²) < 4.78 is 11.4. The molecule has 2 atom stereocenters. The Morgan fingerprint density at radius 3 is 2.14 bits per heavy atom. The van der Waals surface area contributed by atoms with Crippen LogP contribution in [0.15, 0.2) is 0 Å². The molecule has 0 spiro atoms. The molecule has 2 unspecified atom stereocenters. The van der Waals surface area contributed by atoms with Gasteiger partial charge >= 0.3 is 0 Å². The van der Waals surface area contributed by atoms with Crippen LogP contribution in [0.3, 0.4) is 0 Å². The lowest BCUT2D eigenvalue weighted by Gasteiger charge is -2.44. The number of rotatable bonds is 8.